The Kier molecular flexibility index (Phi) is 4.93. The van der Waals surface area contributed by atoms with Gasteiger partial charge in [0.25, 0.3) is 0 Å². The van der Waals surface area contributed by atoms with Crippen LogP contribution in [-0.4, -0.2) is 35.2 Å². The fraction of sp³-hybridized carbons (Fsp3) is 0.833. The van der Waals surface area contributed by atoms with Crippen LogP contribution in [0.3, 0.4) is 0 Å². The molecule has 1 fully saturated rings. The van der Waals surface area contributed by atoms with E-state index in [0.717, 1.165) is 0 Å². The molecule has 5 heteroatoms. The number of hydrogen-bond acceptors (Lipinski definition) is 3. The highest BCUT2D eigenvalue weighted by atomic mass is 16.5. The van der Waals surface area contributed by atoms with E-state index in [2.05, 4.69) is 5.32 Å². The van der Waals surface area contributed by atoms with Crippen LogP contribution in [0.1, 0.15) is 40.0 Å². The van der Waals surface area contributed by atoms with Gasteiger partial charge >= 0.3 is 5.97 Å². The molecule has 1 amide bonds. The van der Waals surface area contributed by atoms with Crippen LogP contribution in [0.15, 0.2) is 0 Å². The highest BCUT2D eigenvalue weighted by molar-refractivity contribution is 5.79. The summed E-state index contributed by atoms with van der Waals surface area (Å²) in [5, 5.41) is 11.4. The molecule has 98 valence electrons. The molecule has 2 N–H and O–H groups in total. The van der Waals surface area contributed by atoms with Crippen LogP contribution >= 0.6 is 0 Å². The first-order chi connectivity index (χ1) is 7.88. The quantitative estimate of drug-likeness (QED) is 0.777. The molecule has 0 aromatic rings. The maximum atomic E-state index is 11.9. The first kappa shape index (κ1) is 14.0. The normalized spacial score (nSPS) is 30.6. The molecule has 3 unspecified atom stereocenters. The smallest absolute Gasteiger partial charge is 0.305 e. The van der Waals surface area contributed by atoms with Crippen LogP contribution < -0.4 is 5.32 Å². The van der Waals surface area contributed by atoms with Crippen LogP contribution in [0.2, 0.25) is 0 Å². The molecule has 1 aliphatic rings. The predicted octanol–water partition coefficient (Wildman–Crippen LogP) is 1.17. The standard InChI is InChI=1S/C12H21NO4/c1-7(4-11(14)15)13-12(16)10-5-8(2)17-9(3)6-10/h7-10H,4-6H2,1-3H3,(H,13,16)(H,14,15). The van der Waals surface area contributed by atoms with Gasteiger partial charge in [0.15, 0.2) is 0 Å². The lowest BCUT2D eigenvalue weighted by atomic mass is 9.91. The van der Waals surface area contributed by atoms with Gasteiger partial charge in [-0.05, 0) is 33.6 Å². The van der Waals surface area contributed by atoms with Gasteiger partial charge in [-0.25, -0.2) is 0 Å². The topological polar surface area (TPSA) is 75.6 Å². The van der Waals surface area contributed by atoms with Gasteiger partial charge in [0.1, 0.15) is 0 Å². The lowest BCUT2D eigenvalue weighted by molar-refractivity contribution is -0.138. The summed E-state index contributed by atoms with van der Waals surface area (Å²) in [6.45, 7) is 5.62. The molecule has 3 atom stereocenters. The largest absolute Gasteiger partial charge is 0.481 e. The Labute approximate surface area is 102 Å². The Morgan fingerprint density at radius 3 is 2.35 bits per heavy atom. The number of hydrogen-bond donors (Lipinski definition) is 2. The van der Waals surface area contributed by atoms with Crippen molar-refractivity contribution in [2.45, 2.75) is 58.3 Å². The van der Waals surface area contributed by atoms with Gasteiger partial charge < -0.3 is 15.2 Å². The average Bonchev–Trinajstić information content (AvgIpc) is 2.14. The molecule has 0 aromatic carbocycles. The third-order valence-corrected chi connectivity index (χ3v) is 2.94. The van der Waals surface area contributed by atoms with Gasteiger partial charge in [0.05, 0.1) is 18.6 Å². The second-order valence-electron chi connectivity index (χ2n) is 4.93. The first-order valence-corrected chi connectivity index (χ1v) is 6.06. The number of carbonyl (C=O) groups is 2. The van der Waals surface area contributed by atoms with E-state index in [4.69, 9.17) is 9.84 Å². The summed E-state index contributed by atoms with van der Waals surface area (Å²) in [6, 6.07) is -0.326. The maximum absolute atomic E-state index is 11.9. The average molecular weight is 243 g/mol. The van der Waals surface area contributed by atoms with Crippen molar-refractivity contribution in [1.82, 2.24) is 5.32 Å². The number of carboxylic acid groups (broad SMARTS) is 1. The number of carboxylic acids is 1. The van der Waals surface area contributed by atoms with Gasteiger partial charge in [-0.2, -0.15) is 0 Å². The Bertz CT molecular complexity index is 282. The van der Waals surface area contributed by atoms with E-state index >= 15 is 0 Å². The number of carbonyl (C=O) groups excluding carboxylic acids is 1. The molecular weight excluding hydrogens is 222 g/mol. The highest BCUT2D eigenvalue weighted by Crippen LogP contribution is 2.24. The summed E-state index contributed by atoms with van der Waals surface area (Å²) in [5.41, 5.74) is 0. The molecule has 0 bridgehead atoms. The summed E-state index contributed by atoms with van der Waals surface area (Å²) in [6.07, 6.45) is 1.54. The molecule has 0 saturated carbocycles. The minimum atomic E-state index is -0.897. The van der Waals surface area contributed by atoms with E-state index in [1.54, 1.807) is 6.92 Å². The fourth-order valence-electron chi connectivity index (χ4n) is 2.29. The second kappa shape index (κ2) is 6.00. The summed E-state index contributed by atoms with van der Waals surface area (Å²) in [5.74, 6) is -1.02. The van der Waals surface area contributed by atoms with Crippen molar-refractivity contribution in [1.29, 1.82) is 0 Å². The minimum absolute atomic E-state index is 0.0416. The van der Waals surface area contributed by atoms with Gasteiger partial charge in [-0.15, -0.1) is 0 Å². The van der Waals surface area contributed by atoms with Crippen LogP contribution in [0.4, 0.5) is 0 Å². The van der Waals surface area contributed by atoms with E-state index in [0.29, 0.717) is 12.8 Å². The minimum Gasteiger partial charge on any atom is -0.481 e. The molecule has 1 heterocycles. The van der Waals surface area contributed by atoms with E-state index in [1.807, 2.05) is 13.8 Å². The predicted molar refractivity (Wildman–Crippen MR) is 62.6 cm³/mol. The Morgan fingerprint density at radius 1 is 1.35 bits per heavy atom. The zero-order valence-electron chi connectivity index (χ0n) is 10.6. The molecule has 0 radical (unpaired) electrons. The Hall–Kier alpha value is -1.10. The maximum Gasteiger partial charge on any atom is 0.305 e. The summed E-state index contributed by atoms with van der Waals surface area (Å²) in [7, 11) is 0. The molecular formula is C12H21NO4. The van der Waals surface area contributed by atoms with Crippen LogP contribution in [0.5, 0.6) is 0 Å². The Balaban J connectivity index is 2.43. The van der Waals surface area contributed by atoms with Gasteiger partial charge in [-0.3, -0.25) is 9.59 Å². The van der Waals surface area contributed by atoms with Gasteiger partial charge in [0, 0.05) is 12.0 Å². The van der Waals surface area contributed by atoms with Crippen molar-refractivity contribution in [2.75, 3.05) is 0 Å². The molecule has 5 nitrogen and oxygen atoms in total. The Morgan fingerprint density at radius 2 is 1.88 bits per heavy atom. The summed E-state index contributed by atoms with van der Waals surface area (Å²) < 4.78 is 5.56. The van der Waals surface area contributed by atoms with Crippen molar-refractivity contribution >= 4 is 11.9 Å². The molecule has 0 spiro atoms. The van der Waals surface area contributed by atoms with Crippen molar-refractivity contribution in [3.8, 4) is 0 Å². The number of aliphatic carboxylic acids is 1. The second-order valence-corrected chi connectivity index (χ2v) is 4.93. The molecule has 17 heavy (non-hydrogen) atoms. The van der Waals surface area contributed by atoms with Crippen molar-refractivity contribution in [3.05, 3.63) is 0 Å². The third kappa shape index (κ3) is 4.73. The van der Waals surface area contributed by atoms with Crippen molar-refractivity contribution in [3.63, 3.8) is 0 Å². The van der Waals surface area contributed by atoms with Crippen LogP contribution in [-0.2, 0) is 14.3 Å². The molecule has 1 rings (SSSR count). The van der Waals surface area contributed by atoms with Crippen LogP contribution in [0.25, 0.3) is 0 Å². The summed E-state index contributed by atoms with van der Waals surface area (Å²) in [4.78, 5) is 22.4. The van der Waals surface area contributed by atoms with E-state index < -0.39 is 5.97 Å². The number of ether oxygens (including phenoxy) is 1. The van der Waals surface area contributed by atoms with Gasteiger partial charge in [0.2, 0.25) is 5.91 Å². The van der Waals surface area contributed by atoms with Crippen molar-refractivity contribution < 1.29 is 19.4 Å². The number of rotatable bonds is 4. The molecule has 1 aliphatic heterocycles. The molecule has 0 aromatic heterocycles. The van der Waals surface area contributed by atoms with E-state index in [9.17, 15) is 9.59 Å². The monoisotopic (exact) mass is 243 g/mol. The number of nitrogens with one attached hydrogen (secondary N) is 1. The highest BCUT2D eigenvalue weighted by Gasteiger charge is 2.30. The third-order valence-electron chi connectivity index (χ3n) is 2.94. The van der Waals surface area contributed by atoms with Crippen molar-refractivity contribution in [2.24, 2.45) is 5.92 Å². The molecule has 1 saturated heterocycles. The van der Waals surface area contributed by atoms with Crippen LogP contribution in [0, 0.1) is 5.92 Å². The zero-order chi connectivity index (χ0) is 13.0. The molecule has 0 aliphatic carbocycles. The number of amides is 1. The lowest BCUT2D eigenvalue weighted by Gasteiger charge is -2.31. The summed E-state index contributed by atoms with van der Waals surface area (Å²) >= 11 is 0. The lowest BCUT2D eigenvalue weighted by Crippen LogP contribution is -2.43. The van der Waals surface area contributed by atoms with E-state index in [1.165, 1.54) is 0 Å². The fourth-order valence-corrected chi connectivity index (χ4v) is 2.29. The zero-order valence-corrected chi connectivity index (χ0v) is 10.6. The van der Waals surface area contributed by atoms with Gasteiger partial charge in [-0.1, -0.05) is 0 Å². The first-order valence-electron chi connectivity index (χ1n) is 6.06. The SMILES string of the molecule is CC(CC(=O)O)NC(=O)C1CC(C)OC(C)C1. The van der Waals surface area contributed by atoms with E-state index in [-0.39, 0.29) is 36.5 Å².